The summed E-state index contributed by atoms with van der Waals surface area (Å²) in [6.45, 7) is 0.288. The van der Waals surface area contributed by atoms with E-state index in [0.29, 0.717) is 17.4 Å². The van der Waals surface area contributed by atoms with Crippen molar-refractivity contribution in [2.45, 2.75) is 36.9 Å². The summed E-state index contributed by atoms with van der Waals surface area (Å²) in [5.74, 6) is 0.466. The van der Waals surface area contributed by atoms with Gasteiger partial charge in [-0.2, -0.15) is 4.31 Å². The molecular weight excluding hydrogens is 388 g/mol. The van der Waals surface area contributed by atoms with Crippen LogP contribution in [0, 0.1) is 0 Å². The largest absolute Gasteiger partial charge is 0.468 e. The van der Waals surface area contributed by atoms with E-state index in [1.807, 2.05) is 0 Å². The van der Waals surface area contributed by atoms with Crippen LogP contribution in [-0.2, 0) is 23.1 Å². The maximum Gasteiger partial charge on any atom is 0.251 e. The van der Waals surface area contributed by atoms with E-state index in [2.05, 4.69) is 5.32 Å². The number of rotatable bonds is 8. The molecule has 1 amide bonds. The van der Waals surface area contributed by atoms with Gasteiger partial charge in [-0.05, 0) is 54.8 Å². The number of benzene rings is 2. The highest BCUT2D eigenvalue weighted by Crippen LogP contribution is 2.22. The zero-order valence-electron chi connectivity index (χ0n) is 15.8. The summed E-state index contributed by atoms with van der Waals surface area (Å²) in [6, 6.07) is 19.1. The van der Waals surface area contributed by atoms with Crippen LogP contribution in [0.15, 0.2) is 82.3 Å². The van der Waals surface area contributed by atoms with Crippen molar-refractivity contribution in [3.63, 3.8) is 0 Å². The van der Waals surface area contributed by atoms with Crippen LogP contribution < -0.4 is 5.32 Å². The molecule has 1 aromatic heterocycles. The lowest BCUT2D eigenvalue weighted by molar-refractivity contribution is 0.0951. The molecule has 150 valence electrons. The number of nitrogens with zero attached hydrogens (tertiary/aromatic N) is 1. The summed E-state index contributed by atoms with van der Waals surface area (Å²) < 4.78 is 33.1. The fraction of sp³-hybridized carbons (Fsp3) is 0.227. The second-order valence-corrected chi connectivity index (χ2v) is 9.05. The smallest absolute Gasteiger partial charge is 0.251 e. The Balaban J connectivity index is 1.55. The van der Waals surface area contributed by atoms with Gasteiger partial charge in [0.1, 0.15) is 5.76 Å². The van der Waals surface area contributed by atoms with E-state index < -0.39 is 10.0 Å². The predicted molar refractivity (Wildman–Crippen MR) is 109 cm³/mol. The number of nitrogens with one attached hydrogen (secondary N) is 1. The van der Waals surface area contributed by atoms with Gasteiger partial charge in [-0.15, -0.1) is 0 Å². The second-order valence-electron chi connectivity index (χ2n) is 7.11. The van der Waals surface area contributed by atoms with Crippen LogP contribution in [0.5, 0.6) is 0 Å². The van der Waals surface area contributed by atoms with Gasteiger partial charge in [0, 0.05) is 18.2 Å². The summed E-state index contributed by atoms with van der Waals surface area (Å²) in [6.07, 6.45) is 3.59. The Morgan fingerprint density at radius 2 is 1.69 bits per heavy atom. The molecule has 29 heavy (non-hydrogen) atoms. The van der Waals surface area contributed by atoms with Crippen LogP contribution in [0.1, 0.15) is 34.5 Å². The average molecular weight is 410 g/mol. The topological polar surface area (TPSA) is 79.6 Å². The number of carbonyl (C=O) groups is 1. The quantitative estimate of drug-likeness (QED) is 0.616. The summed E-state index contributed by atoms with van der Waals surface area (Å²) in [5, 5.41) is 2.95. The molecular formula is C22H22N2O4S. The summed E-state index contributed by atoms with van der Waals surface area (Å²) >= 11 is 0. The van der Waals surface area contributed by atoms with Crippen molar-refractivity contribution >= 4 is 15.9 Å². The zero-order chi connectivity index (χ0) is 20.3. The average Bonchev–Trinajstić information content (AvgIpc) is 3.40. The fourth-order valence-corrected chi connectivity index (χ4v) is 4.42. The highest BCUT2D eigenvalue weighted by atomic mass is 32.2. The molecule has 2 aromatic carbocycles. The number of carbonyl (C=O) groups excluding carboxylic acids is 1. The van der Waals surface area contributed by atoms with Gasteiger partial charge in [0.05, 0.1) is 17.7 Å². The lowest BCUT2D eigenvalue weighted by Gasteiger charge is -2.21. The lowest BCUT2D eigenvalue weighted by atomic mass is 10.1. The maximum atomic E-state index is 13.2. The van der Waals surface area contributed by atoms with Crippen LogP contribution in [0.2, 0.25) is 0 Å². The van der Waals surface area contributed by atoms with Gasteiger partial charge in [0.25, 0.3) is 5.91 Å². The number of hydrogen-bond donors (Lipinski definition) is 1. The molecule has 1 aliphatic carbocycles. The molecule has 6 nitrogen and oxygen atoms in total. The molecule has 1 aliphatic rings. The van der Waals surface area contributed by atoms with Crippen LogP contribution >= 0.6 is 0 Å². The molecule has 1 N–H and O–H groups in total. The van der Waals surface area contributed by atoms with Crippen molar-refractivity contribution in [1.82, 2.24) is 9.62 Å². The molecule has 0 aliphatic heterocycles. The first-order chi connectivity index (χ1) is 14.0. The molecule has 0 bridgehead atoms. The second kappa shape index (κ2) is 8.23. The highest BCUT2D eigenvalue weighted by molar-refractivity contribution is 7.89. The van der Waals surface area contributed by atoms with Gasteiger partial charge in [0.15, 0.2) is 0 Å². The van der Waals surface area contributed by atoms with E-state index in [-0.39, 0.29) is 23.9 Å². The minimum Gasteiger partial charge on any atom is -0.468 e. The van der Waals surface area contributed by atoms with Crippen molar-refractivity contribution in [2.24, 2.45) is 0 Å². The Bertz CT molecular complexity index is 1060. The molecule has 4 rings (SSSR count). The first kappa shape index (κ1) is 19.4. The fourth-order valence-electron chi connectivity index (χ4n) is 3.01. The van der Waals surface area contributed by atoms with E-state index in [0.717, 1.165) is 18.4 Å². The molecule has 0 spiro atoms. The van der Waals surface area contributed by atoms with E-state index in [1.54, 1.807) is 66.7 Å². The zero-order valence-corrected chi connectivity index (χ0v) is 16.6. The van der Waals surface area contributed by atoms with E-state index in [9.17, 15) is 13.2 Å². The normalized spacial score (nSPS) is 14.1. The van der Waals surface area contributed by atoms with Crippen LogP contribution in [-0.4, -0.2) is 24.7 Å². The van der Waals surface area contributed by atoms with E-state index in [1.165, 1.54) is 10.6 Å². The molecule has 0 saturated heterocycles. The lowest BCUT2D eigenvalue weighted by Crippen LogP contribution is -2.30. The molecule has 3 aromatic rings. The minimum atomic E-state index is -3.72. The first-order valence-corrected chi connectivity index (χ1v) is 10.9. The van der Waals surface area contributed by atoms with Crippen molar-refractivity contribution in [3.05, 3.63) is 89.9 Å². The Morgan fingerprint density at radius 1 is 0.966 bits per heavy atom. The Morgan fingerprint density at radius 3 is 2.31 bits per heavy atom. The molecule has 7 heteroatoms. The standard InChI is InChI=1S/C22H22N2O4S/c25-22(23-19-12-13-19)18-10-8-17(9-11-18)15-24(16-20-5-4-14-28-20)29(26,27)21-6-2-1-3-7-21/h1-11,14,19H,12-13,15-16H2,(H,23,25). The predicted octanol–water partition coefficient (Wildman–Crippen LogP) is 3.56. The third-order valence-electron chi connectivity index (χ3n) is 4.78. The molecule has 0 atom stereocenters. The van der Waals surface area contributed by atoms with Crippen LogP contribution in [0.4, 0.5) is 0 Å². The molecule has 1 saturated carbocycles. The summed E-state index contributed by atoms with van der Waals surface area (Å²) in [4.78, 5) is 12.4. The number of furan rings is 1. The number of hydrogen-bond acceptors (Lipinski definition) is 4. The molecule has 0 radical (unpaired) electrons. The van der Waals surface area contributed by atoms with Gasteiger partial charge < -0.3 is 9.73 Å². The molecule has 0 unspecified atom stereocenters. The van der Waals surface area contributed by atoms with Crippen LogP contribution in [0.25, 0.3) is 0 Å². The van der Waals surface area contributed by atoms with Crippen molar-refractivity contribution < 1.29 is 17.6 Å². The molecule has 1 heterocycles. The number of sulfonamides is 1. The minimum absolute atomic E-state index is 0.0941. The number of amides is 1. The van der Waals surface area contributed by atoms with Gasteiger partial charge in [-0.3, -0.25) is 4.79 Å². The Hall–Kier alpha value is -2.90. The first-order valence-electron chi connectivity index (χ1n) is 9.50. The maximum absolute atomic E-state index is 13.2. The van der Waals surface area contributed by atoms with E-state index in [4.69, 9.17) is 4.42 Å². The van der Waals surface area contributed by atoms with E-state index >= 15 is 0 Å². The third kappa shape index (κ3) is 4.75. The van der Waals surface area contributed by atoms with Gasteiger partial charge in [-0.1, -0.05) is 30.3 Å². The van der Waals surface area contributed by atoms with Gasteiger partial charge in [-0.25, -0.2) is 8.42 Å². The third-order valence-corrected chi connectivity index (χ3v) is 6.59. The van der Waals surface area contributed by atoms with Crippen molar-refractivity contribution in [3.8, 4) is 0 Å². The highest BCUT2D eigenvalue weighted by Gasteiger charge is 2.26. The van der Waals surface area contributed by atoms with Gasteiger partial charge >= 0.3 is 0 Å². The monoisotopic (exact) mass is 410 g/mol. The molecule has 1 fully saturated rings. The van der Waals surface area contributed by atoms with Crippen molar-refractivity contribution in [1.29, 1.82) is 0 Å². The Kier molecular flexibility index (Phi) is 5.51. The SMILES string of the molecule is O=C(NC1CC1)c1ccc(CN(Cc2ccco2)S(=O)(=O)c2ccccc2)cc1. The van der Waals surface area contributed by atoms with Crippen LogP contribution in [0.3, 0.4) is 0 Å². The summed E-state index contributed by atoms with van der Waals surface area (Å²) in [7, 11) is -3.72. The summed E-state index contributed by atoms with van der Waals surface area (Å²) in [5.41, 5.74) is 1.36. The Labute approximate surface area is 170 Å². The van der Waals surface area contributed by atoms with Gasteiger partial charge in [0.2, 0.25) is 10.0 Å². The van der Waals surface area contributed by atoms with Crippen molar-refractivity contribution in [2.75, 3.05) is 0 Å².